The van der Waals surface area contributed by atoms with Gasteiger partial charge in [-0.05, 0) is 30.7 Å². The number of rotatable bonds is 1. The van der Waals surface area contributed by atoms with Gasteiger partial charge in [0.25, 0.3) is 5.91 Å². The van der Waals surface area contributed by atoms with E-state index in [1.54, 1.807) is 0 Å². The molecule has 5 nitrogen and oxygen atoms in total. The quantitative estimate of drug-likeness (QED) is 0.843. The lowest BCUT2D eigenvalue weighted by Gasteiger charge is -2.17. The molecule has 0 bridgehead atoms. The van der Waals surface area contributed by atoms with Crippen LogP contribution in [0.25, 0.3) is 10.9 Å². The van der Waals surface area contributed by atoms with Crippen LogP contribution in [0.5, 0.6) is 0 Å². The highest BCUT2D eigenvalue weighted by atomic mass is 35.5. The summed E-state index contributed by atoms with van der Waals surface area (Å²) in [5, 5.41) is 8.04. The molecule has 2 aliphatic rings. The van der Waals surface area contributed by atoms with Crippen LogP contribution in [-0.4, -0.2) is 40.1 Å². The van der Waals surface area contributed by atoms with Gasteiger partial charge in [0.1, 0.15) is 0 Å². The molecule has 2 fully saturated rings. The van der Waals surface area contributed by atoms with E-state index in [0.29, 0.717) is 17.5 Å². The van der Waals surface area contributed by atoms with E-state index in [1.165, 1.54) is 0 Å². The second-order valence-corrected chi connectivity index (χ2v) is 5.99. The molecule has 2 aromatic rings. The summed E-state index contributed by atoms with van der Waals surface area (Å²) in [5.74, 6) is 1.09. The Bertz CT molecular complexity index is 670. The van der Waals surface area contributed by atoms with Crippen molar-refractivity contribution in [2.75, 3.05) is 13.1 Å². The van der Waals surface area contributed by atoms with Gasteiger partial charge < -0.3 is 10.6 Å². The van der Waals surface area contributed by atoms with Crippen molar-refractivity contribution in [2.24, 2.45) is 17.6 Å². The number of amides is 1. The molecule has 1 aliphatic heterocycles. The van der Waals surface area contributed by atoms with Crippen molar-refractivity contribution in [3.8, 4) is 0 Å². The number of benzene rings is 1. The molecule has 112 valence electrons. The molecule has 1 saturated heterocycles. The minimum Gasteiger partial charge on any atom is -0.337 e. The number of hydrogen-bond donors (Lipinski definition) is 2. The van der Waals surface area contributed by atoms with Gasteiger partial charge in [0.15, 0.2) is 5.69 Å². The van der Waals surface area contributed by atoms with Gasteiger partial charge in [-0.2, -0.15) is 5.10 Å². The van der Waals surface area contributed by atoms with Crippen LogP contribution >= 0.6 is 12.4 Å². The molecule has 0 radical (unpaired) electrons. The number of hydrogen-bond acceptors (Lipinski definition) is 3. The summed E-state index contributed by atoms with van der Waals surface area (Å²) >= 11 is 0. The molecule has 1 aliphatic carbocycles. The minimum atomic E-state index is 0. The first-order valence-corrected chi connectivity index (χ1v) is 7.22. The van der Waals surface area contributed by atoms with Crippen LogP contribution in [0, 0.1) is 11.8 Å². The summed E-state index contributed by atoms with van der Waals surface area (Å²) in [6, 6.07) is 8.01. The van der Waals surface area contributed by atoms with Crippen LogP contribution in [0.2, 0.25) is 0 Å². The van der Waals surface area contributed by atoms with E-state index in [4.69, 9.17) is 5.73 Å². The number of halogens is 1. The van der Waals surface area contributed by atoms with E-state index in [2.05, 4.69) is 10.2 Å². The smallest absolute Gasteiger partial charge is 0.275 e. The number of nitrogens with two attached hydrogens (primary N) is 1. The Labute approximate surface area is 129 Å². The van der Waals surface area contributed by atoms with Crippen LogP contribution in [0.4, 0.5) is 0 Å². The van der Waals surface area contributed by atoms with Gasteiger partial charge in [0, 0.05) is 24.5 Å². The lowest BCUT2D eigenvalue weighted by Crippen LogP contribution is -2.33. The normalized spacial score (nSPS) is 27.7. The van der Waals surface area contributed by atoms with Gasteiger partial charge in [0.2, 0.25) is 0 Å². The van der Waals surface area contributed by atoms with Crippen LogP contribution in [0.15, 0.2) is 24.3 Å². The summed E-state index contributed by atoms with van der Waals surface area (Å²) < 4.78 is 0. The van der Waals surface area contributed by atoms with Crippen LogP contribution < -0.4 is 5.73 Å². The van der Waals surface area contributed by atoms with Gasteiger partial charge in [-0.25, -0.2) is 0 Å². The molecule has 3 atom stereocenters. The first kappa shape index (κ1) is 14.4. The molecule has 1 aromatic carbocycles. The fourth-order valence-electron chi connectivity index (χ4n) is 3.75. The topological polar surface area (TPSA) is 75.0 Å². The molecule has 21 heavy (non-hydrogen) atoms. The molecule has 3 unspecified atom stereocenters. The van der Waals surface area contributed by atoms with E-state index in [-0.39, 0.29) is 24.4 Å². The second-order valence-electron chi connectivity index (χ2n) is 5.99. The number of H-pyrrole nitrogens is 1. The molecule has 1 amide bonds. The monoisotopic (exact) mass is 306 g/mol. The van der Waals surface area contributed by atoms with Crippen molar-refractivity contribution >= 4 is 29.2 Å². The third-order valence-electron chi connectivity index (χ3n) is 4.87. The highest BCUT2D eigenvalue weighted by Gasteiger charge is 2.43. The fourth-order valence-corrected chi connectivity index (χ4v) is 3.75. The number of likely N-dealkylation sites (tertiary alicyclic amines) is 1. The predicted octanol–water partition coefficient (Wildman–Crippen LogP) is 1.79. The van der Waals surface area contributed by atoms with Gasteiger partial charge >= 0.3 is 0 Å². The van der Waals surface area contributed by atoms with Crippen molar-refractivity contribution in [2.45, 2.75) is 18.9 Å². The van der Waals surface area contributed by atoms with Gasteiger partial charge in [0.05, 0.1) is 5.52 Å². The van der Waals surface area contributed by atoms with Crippen molar-refractivity contribution in [1.29, 1.82) is 0 Å². The Morgan fingerprint density at radius 2 is 2.10 bits per heavy atom. The molecule has 4 rings (SSSR count). The summed E-state index contributed by atoms with van der Waals surface area (Å²) in [6.07, 6.45) is 2.25. The summed E-state index contributed by atoms with van der Waals surface area (Å²) in [7, 11) is 0. The average Bonchev–Trinajstić information content (AvgIpc) is 3.14. The molecule has 6 heteroatoms. The number of para-hydroxylation sites is 1. The Balaban J connectivity index is 0.00000132. The van der Waals surface area contributed by atoms with Gasteiger partial charge in [-0.1, -0.05) is 18.2 Å². The third-order valence-corrected chi connectivity index (χ3v) is 4.87. The largest absolute Gasteiger partial charge is 0.337 e. The third kappa shape index (κ3) is 2.21. The highest BCUT2D eigenvalue weighted by Crippen LogP contribution is 2.37. The number of aromatic nitrogens is 2. The molecule has 0 spiro atoms. The number of nitrogens with one attached hydrogen (secondary N) is 1. The lowest BCUT2D eigenvalue weighted by molar-refractivity contribution is 0.0775. The summed E-state index contributed by atoms with van der Waals surface area (Å²) in [5.41, 5.74) is 7.58. The molecule has 3 N–H and O–H groups in total. The number of fused-ring (bicyclic) bond motifs is 2. The Hall–Kier alpha value is -1.59. The van der Waals surface area contributed by atoms with Crippen LogP contribution in [-0.2, 0) is 0 Å². The van der Waals surface area contributed by atoms with Gasteiger partial charge in [-0.3, -0.25) is 9.89 Å². The lowest BCUT2D eigenvalue weighted by atomic mass is 9.98. The predicted molar refractivity (Wildman–Crippen MR) is 83.4 cm³/mol. The molecule has 1 saturated carbocycles. The maximum absolute atomic E-state index is 12.7. The zero-order valence-electron chi connectivity index (χ0n) is 11.7. The first-order valence-electron chi connectivity index (χ1n) is 7.22. The summed E-state index contributed by atoms with van der Waals surface area (Å²) in [6.45, 7) is 1.62. The molecule has 2 heterocycles. The maximum atomic E-state index is 12.7. The van der Waals surface area contributed by atoms with Crippen molar-refractivity contribution < 1.29 is 4.79 Å². The Morgan fingerprint density at radius 1 is 1.29 bits per heavy atom. The molecular formula is C15H19ClN4O. The zero-order chi connectivity index (χ0) is 13.7. The maximum Gasteiger partial charge on any atom is 0.275 e. The number of aromatic amines is 1. The highest BCUT2D eigenvalue weighted by molar-refractivity contribution is 6.04. The van der Waals surface area contributed by atoms with E-state index >= 15 is 0 Å². The second kappa shape index (κ2) is 5.31. The average molecular weight is 307 g/mol. The molecular weight excluding hydrogens is 288 g/mol. The van der Waals surface area contributed by atoms with Gasteiger partial charge in [-0.15, -0.1) is 12.4 Å². The Morgan fingerprint density at radius 3 is 2.90 bits per heavy atom. The van der Waals surface area contributed by atoms with E-state index < -0.39 is 0 Å². The number of carbonyl (C=O) groups is 1. The van der Waals surface area contributed by atoms with Crippen molar-refractivity contribution in [3.63, 3.8) is 0 Å². The van der Waals surface area contributed by atoms with E-state index in [0.717, 1.165) is 36.8 Å². The number of nitrogens with zero attached hydrogens (tertiary/aromatic N) is 2. The minimum absolute atomic E-state index is 0. The van der Waals surface area contributed by atoms with Crippen LogP contribution in [0.1, 0.15) is 23.3 Å². The summed E-state index contributed by atoms with van der Waals surface area (Å²) in [4.78, 5) is 14.6. The SMILES string of the molecule is Cl.NC1CCC2CN(C(=O)c3n[nH]c4ccccc34)CC12. The standard InChI is InChI=1S/C15H18N4O.ClH/c16-12-6-5-9-7-19(8-11(9)12)15(20)14-10-3-1-2-4-13(10)17-18-14;/h1-4,9,11-12H,5-8,16H2,(H,17,18);1H. The zero-order valence-corrected chi connectivity index (χ0v) is 12.5. The van der Waals surface area contributed by atoms with Crippen molar-refractivity contribution in [3.05, 3.63) is 30.0 Å². The van der Waals surface area contributed by atoms with Crippen LogP contribution in [0.3, 0.4) is 0 Å². The van der Waals surface area contributed by atoms with Crippen molar-refractivity contribution in [1.82, 2.24) is 15.1 Å². The van der Waals surface area contributed by atoms with E-state index in [1.807, 2.05) is 29.2 Å². The number of carbonyl (C=O) groups excluding carboxylic acids is 1. The molecule has 1 aromatic heterocycles. The fraction of sp³-hybridized carbons (Fsp3) is 0.467. The first-order chi connectivity index (χ1) is 9.74. The van der Waals surface area contributed by atoms with E-state index in [9.17, 15) is 4.79 Å². The Kier molecular flexibility index (Phi) is 3.63.